The molecule has 5 nitrogen and oxygen atoms in total. The number of benzene rings is 1. The van der Waals surface area contributed by atoms with Crippen molar-refractivity contribution in [3.8, 4) is 0 Å². The van der Waals surface area contributed by atoms with Crippen LogP contribution < -0.4 is 4.90 Å². The van der Waals surface area contributed by atoms with Crippen LogP contribution in [0.2, 0.25) is 0 Å². The molecule has 0 unspecified atom stereocenters. The lowest BCUT2D eigenvalue weighted by Crippen LogP contribution is -2.46. The summed E-state index contributed by atoms with van der Waals surface area (Å²) in [4.78, 5) is 16.2. The molecular formula is C18H18F3N5. The molecule has 0 radical (unpaired) electrons. The van der Waals surface area contributed by atoms with Gasteiger partial charge in [-0.25, -0.2) is 9.97 Å². The number of fused-ring (bicyclic) bond motifs is 1. The SMILES string of the molecule is FC(F)(F)c1ccc(N2CCN(Cc3nc4ccccc4[nH]3)CC2)nc1. The van der Waals surface area contributed by atoms with E-state index in [9.17, 15) is 13.2 Å². The van der Waals surface area contributed by atoms with Gasteiger partial charge in [0, 0.05) is 32.4 Å². The van der Waals surface area contributed by atoms with Gasteiger partial charge in [-0.05, 0) is 24.3 Å². The number of aromatic amines is 1. The smallest absolute Gasteiger partial charge is 0.354 e. The molecule has 1 aliphatic rings. The molecule has 8 heteroatoms. The second kappa shape index (κ2) is 6.60. The fourth-order valence-electron chi connectivity index (χ4n) is 3.17. The number of halogens is 3. The summed E-state index contributed by atoms with van der Waals surface area (Å²) in [5.41, 5.74) is 1.26. The third kappa shape index (κ3) is 3.50. The number of H-pyrrole nitrogens is 1. The summed E-state index contributed by atoms with van der Waals surface area (Å²) in [5, 5.41) is 0. The molecule has 136 valence electrons. The van der Waals surface area contributed by atoms with E-state index in [4.69, 9.17) is 0 Å². The van der Waals surface area contributed by atoms with Gasteiger partial charge in [0.1, 0.15) is 11.6 Å². The highest BCUT2D eigenvalue weighted by Crippen LogP contribution is 2.29. The second-order valence-electron chi connectivity index (χ2n) is 6.37. The van der Waals surface area contributed by atoms with Gasteiger partial charge in [-0.15, -0.1) is 0 Å². The Morgan fingerprint density at radius 3 is 2.42 bits per heavy atom. The van der Waals surface area contributed by atoms with Gasteiger partial charge in [0.05, 0.1) is 23.1 Å². The predicted molar refractivity (Wildman–Crippen MR) is 92.8 cm³/mol. The standard InChI is InChI=1S/C18H18F3N5/c19-18(20,21)13-5-6-17(22-11-13)26-9-7-25(8-10-26)12-16-23-14-3-1-2-4-15(14)24-16/h1-6,11H,7-10,12H2,(H,23,24). The maximum Gasteiger partial charge on any atom is 0.417 e. The first kappa shape index (κ1) is 16.8. The van der Waals surface area contributed by atoms with Crippen molar-refractivity contribution < 1.29 is 13.2 Å². The first-order valence-corrected chi connectivity index (χ1v) is 8.43. The van der Waals surface area contributed by atoms with Crippen molar-refractivity contribution in [2.45, 2.75) is 12.7 Å². The summed E-state index contributed by atoms with van der Waals surface area (Å²) < 4.78 is 37.9. The first-order chi connectivity index (χ1) is 12.5. The van der Waals surface area contributed by atoms with Crippen LogP contribution in [0.1, 0.15) is 11.4 Å². The van der Waals surface area contributed by atoms with Crippen LogP contribution in [0.15, 0.2) is 42.6 Å². The third-order valence-electron chi connectivity index (χ3n) is 4.58. The zero-order chi connectivity index (χ0) is 18.1. The summed E-state index contributed by atoms with van der Waals surface area (Å²) in [6, 6.07) is 10.4. The Kier molecular flexibility index (Phi) is 4.28. The molecule has 0 spiro atoms. The van der Waals surface area contributed by atoms with Crippen molar-refractivity contribution in [3.05, 3.63) is 54.0 Å². The number of imidazole rings is 1. The van der Waals surface area contributed by atoms with Crippen LogP contribution in [0.3, 0.4) is 0 Å². The molecule has 1 saturated heterocycles. The van der Waals surface area contributed by atoms with Gasteiger partial charge < -0.3 is 9.88 Å². The van der Waals surface area contributed by atoms with Gasteiger partial charge in [-0.3, -0.25) is 4.90 Å². The lowest BCUT2D eigenvalue weighted by atomic mass is 10.2. The van der Waals surface area contributed by atoms with Gasteiger partial charge in [-0.2, -0.15) is 13.2 Å². The lowest BCUT2D eigenvalue weighted by molar-refractivity contribution is -0.137. The van der Waals surface area contributed by atoms with Gasteiger partial charge in [0.2, 0.25) is 0 Å². The fraction of sp³-hybridized carbons (Fsp3) is 0.333. The van der Waals surface area contributed by atoms with Gasteiger partial charge >= 0.3 is 6.18 Å². The highest BCUT2D eigenvalue weighted by Gasteiger charge is 2.31. The molecule has 0 atom stereocenters. The number of para-hydroxylation sites is 2. The highest BCUT2D eigenvalue weighted by molar-refractivity contribution is 5.74. The van der Waals surface area contributed by atoms with E-state index in [0.717, 1.165) is 61.8 Å². The van der Waals surface area contributed by atoms with E-state index in [-0.39, 0.29) is 0 Å². The summed E-state index contributed by atoms with van der Waals surface area (Å²) >= 11 is 0. The van der Waals surface area contributed by atoms with Crippen LogP contribution in [0.25, 0.3) is 11.0 Å². The Morgan fingerprint density at radius 2 is 1.77 bits per heavy atom. The van der Waals surface area contributed by atoms with Gasteiger partial charge in [-0.1, -0.05) is 12.1 Å². The first-order valence-electron chi connectivity index (χ1n) is 8.43. The number of pyridine rings is 1. The third-order valence-corrected chi connectivity index (χ3v) is 4.58. The lowest BCUT2D eigenvalue weighted by Gasteiger charge is -2.35. The van der Waals surface area contributed by atoms with E-state index < -0.39 is 11.7 Å². The second-order valence-corrected chi connectivity index (χ2v) is 6.37. The monoisotopic (exact) mass is 361 g/mol. The average Bonchev–Trinajstić information content (AvgIpc) is 3.04. The number of nitrogens with zero attached hydrogens (tertiary/aromatic N) is 4. The van der Waals surface area contributed by atoms with Crippen molar-refractivity contribution in [1.29, 1.82) is 0 Å². The topological polar surface area (TPSA) is 48.0 Å². The van der Waals surface area contributed by atoms with Gasteiger partial charge in [0.25, 0.3) is 0 Å². The molecule has 1 N–H and O–H groups in total. The molecule has 0 saturated carbocycles. The summed E-state index contributed by atoms with van der Waals surface area (Å²) in [7, 11) is 0. The van der Waals surface area contributed by atoms with E-state index in [1.54, 1.807) is 0 Å². The van der Waals surface area contributed by atoms with E-state index in [1.165, 1.54) is 6.07 Å². The van der Waals surface area contributed by atoms with Crippen LogP contribution in [-0.2, 0) is 12.7 Å². The summed E-state index contributed by atoms with van der Waals surface area (Å²) in [6.45, 7) is 3.78. The number of nitrogens with one attached hydrogen (secondary N) is 1. The molecule has 0 bridgehead atoms. The van der Waals surface area contributed by atoms with E-state index in [0.29, 0.717) is 5.82 Å². The predicted octanol–water partition coefficient (Wildman–Crippen LogP) is 3.30. The van der Waals surface area contributed by atoms with Crippen LogP contribution >= 0.6 is 0 Å². The molecule has 1 aromatic carbocycles. The number of aromatic nitrogens is 3. The van der Waals surface area contributed by atoms with Crippen molar-refractivity contribution in [2.24, 2.45) is 0 Å². The highest BCUT2D eigenvalue weighted by atomic mass is 19.4. The van der Waals surface area contributed by atoms with Crippen molar-refractivity contribution in [1.82, 2.24) is 19.9 Å². The number of hydrogen-bond acceptors (Lipinski definition) is 4. The largest absolute Gasteiger partial charge is 0.417 e. The normalized spacial score (nSPS) is 16.3. The molecule has 4 rings (SSSR count). The Hall–Kier alpha value is -2.61. The Balaban J connectivity index is 1.36. The summed E-state index contributed by atoms with van der Waals surface area (Å²) in [6.07, 6.45) is -3.45. The number of alkyl halides is 3. The maximum atomic E-state index is 12.6. The van der Waals surface area contributed by atoms with Crippen LogP contribution in [0, 0.1) is 0 Å². The Morgan fingerprint density at radius 1 is 1.00 bits per heavy atom. The molecular weight excluding hydrogens is 343 g/mol. The minimum absolute atomic E-state index is 0.585. The van der Waals surface area contributed by atoms with Crippen LogP contribution in [-0.4, -0.2) is 46.0 Å². The Labute approximate surface area is 148 Å². The molecule has 2 aromatic heterocycles. The number of anilines is 1. The van der Waals surface area contributed by atoms with E-state index >= 15 is 0 Å². The quantitative estimate of drug-likeness (QED) is 0.778. The number of rotatable bonds is 3. The van der Waals surface area contributed by atoms with Crippen molar-refractivity contribution in [2.75, 3.05) is 31.1 Å². The van der Waals surface area contributed by atoms with Crippen molar-refractivity contribution in [3.63, 3.8) is 0 Å². The average molecular weight is 361 g/mol. The fourth-order valence-corrected chi connectivity index (χ4v) is 3.17. The molecule has 3 aromatic rings. The molecule has 0 aliphatic carbocycles. The molecule has 3 heterocycles. The van der Waals surface area contributed by atoms with E-state index in [2.05, 4.69) is 19.9 Å². The minimum Gasteiger partial charge on any atom is -0.354 e. The van der Waals surface area contributed by atoms with Crippen LogP contribution in [0.4, 0.5) is 19.0 Å². The molecule has 0 amide bonds. The number of piperazine rings is 1. The van der Waals surface area contributed by atoms with Gasteiger partial charge in [0.15, 0.2) is 0 Å². The minimum atomic E-state index is -4.35. The zero-order valence-electron chi connectivity index (χ0n) is 14.0. The number of hydrogen-bond donors (Lipinski definition) is 1. The summed E-state index contributed by atoms with van der Waals surface area (Å²) in [5.74, 6) is 1.51. The maximum absolute atomic E-state index is 12.6. The Bertz CT molecular complexity index is 847. The van der Waals surface area contributed by atoms with Crippen molar-refractivity contribution >= 4 is 16.9 Å². The molecule has 26 heavy (non-hydrogen) atoms. The molecule has 1 fully saturated rings. The molecule has 1 aliphatic heterocycles. The zero-order valence-corrected chi connectivity index (χ0v) is 14.0. The van der Waals surface area contributed by atoms with Crippen LogP contribution in [0.5, 0.6) is 0 Å². The van der Waals surface area contributed by atoms with E-state index in [1.807, 2.05) is 29.2 Å².